The molecule has 3 aromatic carbocycles. The molecule has 0 spiro atoms. The summed E-state index contributed by atoms with van der Waals surface area (Å²) in [4.78, 5) is 29.3. The third-order valence-corrected chi connectivity index (χ3v) is 5.51. The van der Waals surface area contributed by atoms with Crippen LogP contribution in [0.15, 0.2) is 66.7 Å². The van der Waals surface area contributed by atoms with Gasteiger partial charge in [-0.05, 0) is 49.7 Å². The maximum Gasteiger partial charge on any atom is 0.418 e. The Morgan fingerprint density at radius 1 is 0.886 bits per heavy atom. The van der Waals surface area contributed by atoms with Crippen LogP contribution < -0.4 is 10.6 Å². The van der Waals surface area contributed by atoms with Crippen LogP contribution in [0, 0.1) is 13.8 Å². The number of hydrogen-bond acceptors (Lipinski definition) is 3. The number of nitrogens with one attached hydrogen (secondary N) is 2. The van der Waals surface area contributed by atoms with Gasteiger partial charge in [-0.15, -0.1) is 0 Å². The number of nitrogens with zero attached hydrogens (tertiary/aromatic N) is 1. The monoisotopic (exact) mass is 477 g/mol. The molecule has 4 rings (SSSR count). The summed E-state index contributed by atoms with van der Waals surface area (Å²) in [7, 11) is 0. The average molecular weight is 477 g/mol. The summed E-state index contributed by atoms with van der Waals surface area (Å²) in [6.45, 7) is 5.11. The molecule has 0 saturated carbocycles. The molecule has 5 nitrogen and oxygen atoms in total. The molecule has 8 heteroatoms. The molecular weight excluding hydrogens is 455 g/mol. The third-order valence-electron chi connectivity index (χ3n) is 5.51. The predicted octanol–water partition coefficient (Wildman–Crippen LogP) is 6.75. The van der Waals surface area contributed by atoms with E-state index in [1.165, 1.54) is 13.0 Å². The number of aromatic nitrogens is 1. The normalized spacial score (nSPS) is 11.4. The van der Waals surface area contributed by atoms with E-state index in [9.17, 15) is 22.8 Å². The molecule has 0 unspecified atom stereocenters. The Labute approximate surface area is 200 Å². The van der Waals surface area contributed by atoms with Crippen LogP contribution in [0.4, 0.5) is 24.5 Å². The number of pyridine rings is 1. The zero-order chi connectivity index (χ0) is 25.3. The molecule has 178 valence electrons. The largest absolute Gasteiger partial charge is 0.418 e. The second-order valence-electron chi connectivity index (χ2n) is 8.28. The van der Waals surface area contributed by atoms with Crippen LogP contribution >= 0.6 is 0 Å². The van der Waals surface area contributed by atoms with Crippen molar-refractivity contribution < 1.29 is 22.8 Å². The van der Waals surface area contributed by atoms with E-state index in [2.05, 4.69) is 15.6 Å². The van der Waals surface area contributed by atoms with Crippen LogP contribution in [0.3, 0.4) is 0 Å². The maximum absolute atomic E-state index is 13.8. The highest BCUT2D eigenvalue weighted by atomic mass is 19.4. The van der Waals surface area contributed by atoms with Crippen molar-refractivity contribution >= 4 is 34.1 Å². The number of aryl methyl sites for hydroxylation is 2. The van der Waals surface area contributed by atoms with Crippen molar-refractivity contribution in [1.29, 1.82) is 0 Å². The van der Waals surface area contributed by atoms with Crippen LogP contribution in [-0.2, 0) is 11.0 Å². The fourth-order valence-corrected chi connectivity index (χ4v) is 3.96. The average Bonchev–Trinajstić information content (AvgIpc) is 2.78. The Kier molecular flexibility index (Phi) is 6.30. The summed E-state index contributed by atoms with van der Waals surface area (Å²) in [5, 5.41) is 5.25. The lowest BCUT2D eigenvalue weighted by Crippen LogP contribution is -2.18. The summed E-state index contributed by atoms with van der Waals surface area (Å²) in [6, 6.07) is 17.6. The molecule has 0 atom stereocenters. The highest BCUT2D eigenvalue weighted by Crippen LogP contribution is 2.37. The van der Waals surface area contributed by atoms with Gasteiger partial charge in [0, 0.05) is 23.6 Å². The van der Waals surface area contributed by atoms with Crippen molar-refractivity contribution in [2.45, 2.75) is 26.9 Å². The van der Waals surface area contributed by atoms with Gasteiger partial charge in [-0.1, -0.05) is 42.0 Å². The molecule has 0 fully saturated rings. The fourth-order valence-electron chi connectivity index (χ4n) is 3.96. The Bertz CT molecular complexity index is 1460. The first-order valence-electron chi connectivity index (χ1n) is 10.8. The molecule has 2 amide bonds. The summed E-state index contributed by atoms with van der Waals surface area (Å²) in [6.07, 6.45) is -4.75. The van der Waals surface area contributed by atoms with Gasteiger partial charge in [-0.2, -0.15) is 13.2 Å². The second kappa shape index (κ2) is 9.21. The highest BCUT2D eigenvalue weighted by molar-refractivity contribution is 6.13. The predicted molar refractivity (Wildman–Crippen MR) is 130 cm³/mol. The second-order valence-corrected chi connectivity index (χ2v) is 8.28. The van der Waals surface area contributed by atoms with E-state index in [4.69, 9.17) is 0 Å². The lowest BCUT2D eigenvalue weighted by atomic mass is 9.99. The minimum atomic E-state index is -4.75. The molecule has 0 radical (unpaired) electrons. The number of para-hydroxylation sites is 1. The first-order chi connectivity index (χ1) is 16.5. The van der Waals surface area contributed by atoms with Crippen LogP contribution in [0.2, 0.25) is 0 Å². The molecule has 0 aliphatic heterocycles. The van der Waals surface area contributed by atoms with Gasteiger partial charge in [-0.25, -0.2) is 4.98 Å². The number of halogens is 3. The van der Waals surface area contributed by atoms with E-state index < -0.39 is 29.2 Å². The lowest BCUT2D eigenvalue weighted by molar-refractivity contribution is -0.137. The van der Waals surface area contributed by atoms with Gasteiger partial charge in [0.1, 0.15) is 0 Å². The van der Waals surface area contributed by atoms with Crippen LogP contribution in [-0.4, -0.2) is 16.8 Å². The van der Waals surface area contributed by atoms with Crippen LogP contribution in [0.1, 0.15) is 34.0 Å². The minimum Gasteiger partial charge on any atom is -0.326 e. The van der Waals surface area contributed by atoms with E-state index in [0.29, 0.717) is 16.6 Å². The van der Waals surface area contributed by atoms with Crippen molar-refractivity contribution in [2.24, 2.45) is 0 Å². The first-order valence-corrected chi connectivity index (χ1v) is 10.8. The summed E-state index contributed by atoms with van der Waals surface area (Å²) >= 11 is 0. The van der Waals surface area contributed by atoms with Gasteiger partial charge in [0.25, 0.3) is 5.91 Å². The summed E-state index contributed by atoms with van der Waals surface area (Å²) < 4.78 is 41.3. The quantitative estimate of drug-likeness (QED) is 0.342. The number of anilines is 2. The van der Waals surface area contributed by atoms with Gasteiger partial charge in [0.2, 0.25) is 5.91 Å². The van der Waals surface area contributed by atoms with Gasteiger partial charge >= 0.3 is 6.18 Å². The number of fused-ring (bicyclic) bond motifs is 1. The van der Waals surface area contributed by atoms with Crippen molar-refractivity contribution in [2.75, 3.05) is 10.6 Å². The Balaban J connectivity index is 1.80. The number of alkyl halides is 3. The number of hydrogen-bond donors (Lipinski definition) is 2. The molecule has 1 heterocycles. The number of amides is 2. The Hall–Kier alpha value is -4.20. The molecule has 0 saturated heterocycles. The molecule has 35 heavy (non-hydrogen) atoms. The SMILES string of the molecule is CC(=O)Nc1ccc(NC(=O)c2cc(-c3ccc(C)cc3C)nc3ccccc23)c(C(F)(F)F)c1. The standard InChI is InChI=1S/C27H22F3N3O2/c1-15-8-10-19(16(2)12-15)25-14-21(20-6-4-5-7-23(20)32-25)26(35)33-24-11-9-18(31-17(3)34)13-22(24)27(28,29)30/h4-14H,1-3H3,(H,31,34)(H,33,35). The van der Waals surface area contributed by atoms with Crippen molar-refractivity contribution in [3.8, 4) is 11.3 Å². The number of rotatable bonds is 4. The van der Waals surface area contributed by atoms with E-state index in [-0.39, 0.29) is 11.3 Å². The zero-order valence-electron chi connectivity index (χ0n) is 19.2. The number of benzene rings is 3. The molecular formula is C27H22F3N3O2. The van der Waals surface area contributed by atoms with Crippen molar-refractivity contribution in [3.63, 3.8) is 0 Å². The first kappa shape index (κ1) is 23.9. The Morgan fingerprint density at radius 3 is 2.31 bits per heavy atom. The van der Waals surface area contributed by atoms with Gasteiger partial charge in [0.15, 0.2) is 0 Å². The van der Waals surface area contributed by atoms with Crippen LogP contribution in [0.5, 0.6) is 0 Å². The molecule has 4 aromatic rings. The van der Waals surface area contributed by atoms with Gasteiger partial charge in [0.05, 0.1) is 28.0 Å². The molecule has 0 bridgehead atoms. The van der Waals surface area contributed by atoms with Crippen molar-refractivity contribution in [1.82, 2.24) is 4.98 Å². The molecule has 1 aromatic heterocycles. The summed E-state index contributed by atoms with van der Waals surface area (Å²) in [5.41, 5.74) is 2.66. The Morgan fingerprint density at radius 2 is 1.63 bits per heavy atom. The molecule has 0 aliphatic carbocycles. The topological polar surface area (TPSA) is 71.1 Å². The van der Waals surface area contributed by atoms with E-state index in [1.54, 1.807) is 30.3 Å². The fraction of sp³-hybridized carbons (Fsp3) is 0.148. The van der Waals surface area contributed by atoms with Crippen molar-refractivity contribution in [3.05, 3.63) is 89.0 Å². The zero-order valence-corrected chi connectivity index (χ0v) is 19.2. The van der Waals surface area contributed by atoms with Gasteiger partial charge < -0.3 is 10.6 Å². The molecule has 2 N–H and O–H groups in total. The maximum atomic E-state index is 13.8. The third kappa shape index (κ3) is 5.16. The van der Waals surface area contributed by atoms with E-state index >= 15 is 0 Å². The van der Waals surface area contributed by atoms with E-state index in [0.717, 1.165) is 28.8 Å². The number of carbonyl (C=O) groups is 2. The molecule has 0 aliphatic rings. The van der Waals surface area contributed by atoms with Crippen LogP contribution in [0.25, 0.3) is 22.2 Å². The lowest BCUT2D eigenvalue weighted by Gasteiger charge is -2.17. The van der Waals surface area contributed by atoms with Gasteiger partial charge in [-0.3, -0.25) is 9.59 Å². The smallest absolute Gasteiger partial charge is 0.326 e. The minimum absolute atomic E-state index is 0.0192. The highest BCUT2D eigenvalue weighted by Gasteiger charge is 2.34. The summed E-state index contributed by atoms with van der Waals surface area (Å²) in [5.74, 6) is -1.20. The number of carbonyl (C=O) groups excluding carboxylic acids is 2. The van der Waals surface area contributed by atoms with E-state index in [1.807, 2.05) is 32.0 Å².